The molecule has 0 atom stereocenters. The Morgan fingerprint density at radius 1 is 1.05 bits per heavy atom. The highest BCUT2D eigenvalue weighted by Gasteiger charge is 2.34. The van der Waals surface area contributed by atoms with Crippen LogP contribution in [0.15, 0.2) is 24.3 Å². The van der Waals surface area contributed by atoms with Crippen molar-refractivity contribution in [1.82, 2.24) is 4.90 Å². The zero-order chi connectivity index (χ0) is 15.7. The smallest absolute Gasteiger partial charge is 0.248 e. The Morgan fingerprint density at radius 3 is 2.09 bits per heavy atom. The molecule has 1 aliphatic heterocycles. The first kappa shape index (κ1) is 15.0. The number of carbonyl (C=O) groups is 2. The number of piperazine rings is 1. The second kappa shape index (κ2) is 5.72. The molecule has 0 spiro atoms. The standard InChI is InChI=1S/C17H23N3O2/c1-19-15(21)10-20(11-16(19)22)14-6-4-13(5-7-14)17(12-18)8-2-3-9-17/h4-7H,2-3,8-12,18H2,1H3. The Bertz CT molecular complexity index is 558. The molecular weight excluding hydrogens is 278 g/mol. The van der Waals surface area contributed by atoms with E-state index in [0.717, 1.165) is 18.5 Å². The van der Waals surface area contributed by atoms with Crippen molar-refractivity contribution in [3.8, 4) is 0 Å². The van der Waals surface area contributed by atoms with E-state index in [4.69, 9.17) is 5.73 Å². The van der Waals surface area contributed by atoms with Gasteiger partial charge < -0.3 is 10.6 Å². The molecule has 5 nitrogen and oxygen atoms in total. The van der Waals surface area contributed by atoms with Gasteiger partial charge in [0.05, 0.1) is 13.1 Å². The molecule has 118 valence electrons. The van der Waals surface area contributed by atoms with E-state index in [2.05, 4.69) is 12.1 Å². The van der Waals surface area contributed by atoms with E-state index in [1.807, 2.05) is 17.0 Å². The maximum Gasteiger partial charge on any atom is 0.248 e. The van der Waals surface area contributed by atoms with Gasteiger partial charge in [-0.05, 0) is 30.5 Å². The van der Waals surface area contributed by atoms with Crippen molar-refractivity contribution in [2.45, 2.75) is 31.1 Å². The van der Waals surface area contributed by atoms with Crippen molar-refractivity contribution >= 4 is 17.5 Å². The Morgan fingerprint density at radius 2 is 1.59 bits per heavy atom. The molecule has 1 aromatic rings. The number of hydrogen-bond acceptors (Lipinski definition) is 4. The van der Waals surface area contributed by atoms with E-state index in [-0.39, 0.29) is 30.3 Å². The van der Waals surface area contributed by atoms with Crippen molar-refractivity contribution < 1.29 is 9.59 Å². The van der Waals surface area contributed by atoms with Crippen molar-refractivity contribution in [3.05, 3.63) is 29.8 Å². The molecular formula is C17H23N3O2. The zero-order valence-electron chi connectivity index (χ0n) is 13.0. The highest BCUT2D eigenvalue weighted by molar-refractivity contribution is 6.02. The quantitative estimate of drug-likeness (QED) is 0.854. The minimum atomic E-state index is -0.158. The lowest BCUT2D eigenvalue weighted by atomic mass is 9.79. The first-order valence-corrected chi connectivity index (χ1v) is 7.91. The van der Waals surface area contributed by atoms with Crippen LogP contribution in [-0.4, -0.2) is 43.4 Å². The predicted molar refractivity (Wildman–Crippen MR) is 85.6 cm³/mol. The first-order valence-electron chi connectivity index (χ1n) is 7.91. The van der Waals surface area contributed by atoms with Gasteiger partial charge in [-0.25, -0.2) is 0 Å². The molecule has 0 unspecified atom stereocenters. The maximum atomic E-state index is 11.8. The van der Waals surface area contributed by atoms with Gasteiger partial charge in [-0.1, -0.05) is 25.0 Å². The average molecular weight is 301 g/mol. The van der Waals surface area contributed by atoms with Crippen LogP contribution in [-0.2, 0) is 15.0 Å². The fourth-order valence-electron chi connectivity index (χ4n) is 3.60. The minimum Gasteiger partial charge on any atom is -0.353 e. The van der Waals surface area contributed by atoms with Gasteiger partial charge in [0.2, 0.25) is 11.8 Å². The molecule has 0 bridgehead atoms. The molecule has 1 saturated carbocycles. The zero-order valence-corrected chi connectivity index (χ0v) is 13.0. The topological polar surface area (TPSA) is 66.6 Å². The number of imide groups is 1. The van der Waals surface area contributed by atoms with Gasteiger partial charge >= 0.3 is 0 Å². The second-order valence-electron chi connectivity index (χ2n) is 6.44. The van der Waals surface area contributed by atoms with Crippen LogP contribution in [0.5, 0.6) is 0 Å². The maximum absolute atomic E-state index is 11.8. The van der Waals surface area contributed by atoms with E-state index < -0.39 is 0 Å². The summed E-state index contributed by atoms with van der Waals surface area (Å²) in [5, 5.41) is 0. The molecule has 1 saturated heterocycles. The summed E-state index contributed by atoms with van der Waals surface area (Å²) < 4.78 is 0. The van der Waals surface area contributed by atoms with Crippen molar-refractivity contribution in [1.29, 1.82) is 0 Å². The number of benzene rings is 1. The number of likely N-dealkylation sites (N-methyl/N-ethyl adjacent to an activating group) is 1. The van der Waals surface area contributed by atoms with Gasteiger partial charge in [-0.2, -0.15) is 0 Å². The number of hydrogen-bond donors (Lipinski definition) is 1. The summed E-state index contributed by atoms with van der Waals surface area (Å²) in [7, 11) is 1.54. The highest BCUT2D eigenvalue weighted by Crippen LogP contribution is 2.40. The van der Waals surface area contributed by atoms with E-state index in [1.54, 1.807) is 0 Å². The summed E-state index contributed by atoms with van der Waals surface area (Å²) >= 11 is 0. The van der Waals surface area contributed by atoms with E-state index in [0.29, 0.717) is 6.54 Å². The van der Waals surface area contributed by atoms with Crippen LogP contribution in [0.4, 0.5) is 5.69 Å². The summed E-state index contributed by atoms with van der Waals surface area (Å²) in [5.74, 6) is -0.316. The third-order valence-electron chi connectivity index (χ3n) is 5.20. The normalized spacial score (nSPS) is 21.5. The van der Waals surface area contributed by atoms with Crippen LogP contribution in [0.2, 0.25) is 0 Å². The van der Waals surface area contributed by atoms with Crippen LogP contribution in [0.1, 0.15) is 31.2 Å². The molecule has 2 fully saturated rings. The molecule has 1 aromatic carbocycles. The van der Waals surface area contributed by atoms with E-state index in [1.165, 1.54) is 30.4 Å². The van der Waals surface area contributed by atoms with Gasteiger partial charge in [-0.3, -0.25) is 14.5 Å². The Labute approximate surface area is 131 Å². The molecule has 0 radical (unpaired) electrons. The fourth-order valence-corrected chi connectivity index (χ4v) is 3.60. The molecule has 1 heterocycles. The Balaban J connectivity index is 1.80. The lowest BCUT2D eigenvalue weighted by molar-refractivity contribution is -0.143. The monoisotopic (exact) mass is 301 g/mol. The van der Waals surface area contributed by atoms with E-state index in [9.17, 15) is 9.59 Å². The summed E-state index contributed by atoms with van der Waals surface area (Å²) in [5.41, 5.74) is 8.35. The van der Waals surface area contributed by atoms with Crippen molar-refractivity contribution in [2.75, 3.05) is 31.6 Å². The molecule has 2 aliphatic rings. The summed E-state index contributed by atoms with van der Waals surface area (Å²) in [6.45, 7) is 1.19. The molecule has 1 aliphatic carbocycles. The Hall–Kier alpha value is -1.88. The highest BCUT2D eigenvalue weighted by atomic mass is 16.2. The van der Waals surface area contributed by atoms with Crippen molar-refractivity contribution in [2.24, 2.45) is 5.73 Å². The molecule has 2 amide bonds. The number of nitrogens with two attached hydrogens (primary N) is 1. The number of amides is 2. The third-order valence-corrected chi connectivity index (χ3v) is 5.20. The minimum absolute atomic E-state index is 0.117. The molecule has 0 aromatic heterocycles. The number of anilines is 1. The van der Waals surface area contributed by atoms with Crippen LogP contribution in [0.3, 0.4) is 0 Å². The number of rotatable bonds is 3. The summed E-state index contributed by atoms with van der Waals surface area (Å²) in [4.78, 5) is 26.6. The second-order valence-corrected chi connectivity index (χ2v) is 6.44. The fraction of sp³-hybridized carbons (Fsp3) is 0.529. The summed E-state index contributed by atoms with van der Waals surface area (Å²) in [6, 6.07) is 8.25. The lowest BCUT2D eigenvalue weighted by Crippen LogP contribution is -2.52. The van der Waals surface area contributed by atoms with Gasteiger partial charge in [0.15, 0.2) is 0 Å². The number of carbonyl (C=O) groups excluding carboxylic acids is 2. The predicted octanol–water partition coefficient (Wildman–Crippen LogP) is 1.26. The van der Waals surface area contributed by atoms with Crippen molar-refractivity contribution in [3.63, 3.8) is 0 Å². The number of nitrogens with zero attached hydrogens (tertiary/aromatic N) is 2. The van der Waals surface area contributed by atoms with Crippen LogP contribution in [0, 0.1) is 0 Å². The van der Waals surface area contributed by atoms with Crippen LogP contribution in [0.25, 0.3) is 0 Å². The van der Waals surface area contributed by atoms with Gasteiger partial charge in [0, 0.05) is 24.7 Å². The Kier molecular flexibility index (Phi) is 3.91. The average Bonchev–Trinajstić information content (AvgIpc) is 3.02. The van der Waals surface area contributed by atoms with Gasteiger partial charge in [0.1, 0.15) is 0 Å². The largest absolute Gasteiger partial charge is 0.353 e. The van der Waals surface area contributed by atoms with Crippen LogP contribution >= 0.6 is 0 Å². The lowest BCUT2D eigenvalue weighted by Gasteiger charge is -2.33. The van der Waals surface area contributed by atoms with E-state index >= 15 is 0 Å². The summed E-state index contributed by atoms with van der Waals surface area (Å²) in [6.07, 6.45) is 4.77. The van der Waals surface area contributed by atoms with Crippen LogP contribution < -0.4 is 10.6 Å². The SMILES string of the molecule is CN1C(=O)CN(c2ccc(C3(CN)CCCC3)cc2)CC1=O. The molecule has 22 heavy (non-hydrogen) atoms. The molecule has 2 N–H and O–H groups in total. The third kappa shape index (κ3) is 2.50. The first-order chi connectivity index (χ1) is 10.6. The molecule has 5 heteroatoms. The van der Waals surface area contributed by atoms with Gasteiger partial charge in [0.25, 0.3) is 0 Å². The van der Waals surface area contributed by atoms with Gasteiger partial charge in [-0.15, -0.1) is 0 Å². The molecule has 3 rings (SSSR count).